The normalized spacial score (nSPS) is 22.4. The lowest BCUT2D eigenvalue weighted by Crippen LogP contribution is -2.63. The molecule has 98 valence electrons. The van der Waals surface area contributed by atoms with Crippen molar-refractivity contribution in [1.29, 1.82) is 0 Å². The molecule has 0 aromatic carbocycles. The number of carbonyl (C=O) groups is 1. The summed E-state index contributed by atoms with van der Waals surface area (Å²) >= 11 is 0. The van der Waals surface area contributed by atoms with Crippen molar-refractivity contribution in [3.8, 4) is 0 Å². The van der Waals surface area contributed by atoms with E-state index in [2.05, 4.69) is 15.6 Å². The molecule has 2 fully saturated rings. The Bertz CT molecular complexity index is 462. The van der Waals surface area contributed by atoms with Crippen LogP contribution in [0.2, 0.25) is 0 Å². The van der Waals surface area contributed by atoms with E-state index >= 15 is 0 Å². The lowest BCUT2D eigenvalue weighted by molar-refractivity contribution is -0.0828. The first-order valence-corrected chi connectivity index (χ1v) is 6.25. The van der Waals surface area contributed by atoms with E-state index in [0.29, 0.717) is 31.2 Å². The first-order valence-electron chi connectivity index (χ1n) is 6.25. The summed E-state index contributed by atoms with van der Waals surface area (Å²) < 4.78 is 1.73. The summed E-state index contributed by atoms with van der Waals surface area (Å²) in [6.45, 7) is 4.44. The molecule has 1 aromatic rings. The molecule has 0 unspecified atom stereocenters. The number of nitrogens with one attached hydrogen (secondary N) is 1. The predicted molar refractivity (Wildman–Crippen MR) is 63.1 cm³/mol. The maximum absolute atomic E-state index is 12.1. The van der Waals surface area contributed by atoms with E-state index in [0.717, 1.165) is 13.1 Å². The molecule has 2 aliphatic rings. The van der Waals surface area contributed by atoms with Crippen LogP contribution in [0.25, 0.3) is 0 Å². The molecule has 3 rings (SSSR count). The van der Waals surface area contributed by atoms with Gasteiger partial charge < -0.3 is 15.3 Å². The van der Waals surface area contributed by atoms with Gasteiger partial charge in [-0.1, -0.05) is 12.1 Å². The van der Waals surface area contributed by atoms with Crippen LogP contribution in [-0.4, -0.2) is 62.7 Å². The Morgan fingerprint density at radius 2 is 2.33 bits per heavy atom. The lowest BCUT2D eigenvalue weighted by atomic mass is 9.91. The van der Waals surface area contributed by atoms with Crippen molar-refractivity contribution < 1.29 is 9.90 Å². The second-order valence-electron chi connectivity index (χ2n) is 5.13. The highest BCUT2D eigenvalue weighted by Gasteiger charge is 2.42. The minimum atomic E-state index is -0.705. The van der Waals surface area contributed by atoms with E-state index in [1.165, 1.54) is 0 Å². The molecule has 7 heteroatoms. The summed E-state index contributed by atoms with van der Waals surface area (Å²) in [5.74, 6) is -0.147. The van der Waals surface area contributed by atoms with Crippen molar-refractivity contribution in [3.05, 3.63) is 11.9 Å². The second kappa shape index (κ2) is 4.03. The minimum Gasteiger partial charge on any atom is -0.386 e. The van der Waals surface area contributed by atoms with E-state index in [1.54, 1.807) is 15.8 Å². The molecular weight excluding hydrogens is 234 g/mol. The van der Waals surface area contributed by atoms with Crippen molar-refractivity contribution >= 4 is 5.91 Å². The third-order valence-electron chi connectivity index (χ3n) is 3.78. The first-order chi connectivity index (χ1) is 8.61. The number of aliphatic hydroxyl groups is 1. The summed E-state index contributed by atoms with van der Waals surface area (Å²) in [4.78, 5) is 13.7. The topological polar surface area (TPSA) is 83.3 Å². The molecule has 0 saturated carbocycles. The Morgan fingerprint density at radius 3 is 2.89 bits per heavy atom. The molecule has 7 nitrogen and oxygen atoms in total. The number of hydrogen-bond donors (Lipinski definition) is 2. The van der Waals surface area contributed by atoms with Crippen LogP contribution in [-0.2, 0) is 0 Å². The molecule has 3 heterocycles. The third kappa shape index (κ3) is 1.79. The number of amides is 1. The van der Waals surface area contributed by atoms with Gasteiger partial charge in [0.05, 0.1) is 30.9 Å². The van der Waals surface area contributed by atoms with Gasteiger partial charge in [-0.05, 0) is 6.42 Å². The standard InChI is InChI=1S/C11H17N5O2/c1-2-11(18)6-15(7-11)10(17)9-5-16(14-13-9)8-3-12-4-8/h5,8,12,18H,2-4,6-7H2,1H3. The number of aromatic nitrogens is 3. The molecule has 2 N–H and O–H groups in total. The van der Waals surface area contributed by atoms with E-state index in [4.69, 9.17) is 0 Å². The average molecular weight is 251 g/mol. The number of β-amino-alcohol motifs (C(OH)–C–C–N with tert-alkyl or cyclic N) is 1. The lowest BCUT2D eigenvalue weighted by Gasteiger charge is -2.45. The zero-order valence-electron chi connectivity index (χ0n) is 10.3. The fraction of sp³-hybridized carbons (Fsp3) is 0.727. The van der Waals surface area contributed by atoms with Crippen LogP contribution in [0, 0.1) is 0 Å². The van der Waals surface area contributed by atoms with Crippen LogP contribution in [0.1, 0.15) is 29.9 Å². The largest absolute Gasteiger partial charge is 0.386 e. The van der Waals surface area contributed by atoms with Gasteiger partial charge in [0.1, 0.15) is 0 Å². The van der Waals surface area contributed by atoms with E-state index in [-0.39, 0.29) is 5.91 Å². The van der Waals surface area contributed by atoms with Crippen LogP contribution in [0.15, 0.2) is 6.20 Å². The Kier molecular flexibility index (Phi) is 2.60. The molecule has 1 amide bonds. The number of rotatable bonds is 3. The summed E-state index contributed by atoms with van der Waals surface area (Å²) in [5, 5.41) is 20.9. The van der Waals surface area contributed by atoms with Crippen molar-refractivity contribution in [2.45, 2.75) is 25.0 Å². The van der Waals surface area contributed by atoms with E-state index in [1.807, 2.05) is 6.92 Å². The Balaban J connectivity index is 1.64. The van der Waals surface area contributed by atoms with Crippen LogP contribution < -0.4 is 5.32 Å². The number of carbonyl (C=O) groups excluding carboxylic acids is 1. The number of likely N-dealkylation sites (tertiary alicyclic amines) is 1. The van der Waals surface area contributed by atoms with Crippen molar-refractivity contribution in [1.82, 2.24) is 25.2 Å². The summed E-state index contributed by atoms with van der Waals surface area (Å²) in [5.41, 5.74) is -0.344. The minimum absolute atomic E-state index is 0.147. The van der Waals surface area contributed by atoms with Gasteiger partial charge in [-0.25, -0.2) is 4.68 Å². The van der Waals surface area contributed by atoms with Crippen molar-refractivity contribution in [2.24, 2.45) is 0 Å². The number of hydrogen-bond acceptors (Lipinski definition) is 5. The van der Waals surface area contributed by atoms with E-state index < -0.39 is 5.60 Å². The van der Waals surface area contributed by atoms with Gasteiger partial charge in [0.2, 0.25) is 0 Å². The number of nitrogens with zero attached hydrogens (tertiary/aromatic N) is 4. The molecule has 0 radical (unpaired) electrons. The molecule has 1 aromatic heterocycles. The highest BCUT2D eigenvalue weighted by molar-refractivity contribution is 5.92. The quantitative estimate of drug-likeness (QED) is 0.721. The molecule has 0 spiro atoms. The molecule has 18 heavy (non-hydrogen) atoms. The highest BCUT2D eigenvalue weighted by Crippen LogP contribution is 2.25. The summed E-state index contributed by atoms with van der Waals surface area (Å²) in [6.07, 6.45) is 2.36. The highest BCUT2D eigenvalue weighted by atomic mass is 16.3. The Morgan fingerprint density at radius 1 is 1.61 bits per heavy atom. The second-order valence-corrected chi connectivity index (χ2v) is 5.13. The van der Waals surface area contributed by atoms with Crippen LogP contribution >= 0.6 is 0 Å². The van der Waals surface area contributed by atoms with Gasteiger partial charge in [-0.2, -0.15) is 0 Å². The average Bonchev–Trinajstić information content (AvgIpc) is 2.70. The van der Waals surface area contributed by atoms with Gasteiger partial charge in [0.15, 0.2) is 5.69 Å². The van der Waals surface area contributed by atoms with Crippen molar-refractivity contribution in [3.63, 3.8) is 0 Å². The van der Waals surface area contributed by atoms with E-state index in [9.17, 15) is 9.90 Å². The third-order valence-corrected chi connectivity index (χ3v) is 3.78. The molecule has 0 bridgehead atoms. The fourth-order valence-corrected chi connectivity index (χ4v) is 2.21. The fourth-order valence-electron chi connectivity index (χ4n) is 2.21. The molecular formula is C11H17N5O2. The summed E-state index contributed by atoms with van der Waals surface area (Å²) in [7, 11) is 0. The Labute approximate surface area is 105 Å². The molecule has 2 saturated heterocycles. The predicted octanol–water partition coefficient (Wildman–Crippen LogP) is -0.981. The van der Waals surface area contributed by atoms with Crippen molar-refractivity contribution in [2.75, 3.05) is 26.2 Å². The van der Waals surface area contributed by atoms with Crippen LogP contribution in [0.3, 0.4) is 0 Å². The Hall–Kier alpha value is -1.47. The van der Waals surface area contributed by atoms with Gasteiger partial charge in [-0.3, -0.25) is 4.79 Å². The molecule has 0 aliphatic carbocycles. The van der Waals surface area contributed by atoms with Gasteiger partial charge >= 0.3 is 0 Å². The molecule has 0 atom stereocenters. The maximum atomic E-state index is 12.1. The maximum Gasteiger partial charge on any atom is 0.276 e. The monoisotopic (exact) mass is 251 g/mol. The molecule has 2 aliphatic heterocycles. The first kappa shape index (κ1) is 11.6. The van der Waals surface area contributed by atoms with Crippen LogP contribution in [0.4, 0.5) is 0 Å². The summed E-state index contributed by atoms with van der Waals surface area (Å²) in [6, 6.07) is 0.308. The smallest absolute Gasteiger partial charge is 0.276 e. The van der Waals surface area contributed by atoms with Gasteiger partial charge in [0, 0.05) is 13.1 Å². The zero-order chi connectivity index (χ0) is 12.8. The van der Waals surface area contributed by atoms with Crippen LogP contribution in [0.5, 0.6) is 0 Å². The van der Waals surface area contributed by atoms with Gasteiger partial charge in [0.25, 0.3) is 5.91 Å². The SMILES string of the molecule is CCC1(O)CN(C(=O)c2cn(C3CNC3)nn2)C1. The van der Waals surface area contributed by atoms with Gasteiger partial charge in [-0.15, -0.1) is 5.10 Å². The zero-order valence-corrected chi connectivity index (χ0v) is 10.3.